The molecule has 0 aromatic carbocycles. The van der Waals surface area contributed by atoms with Crippen molar-refractivity contribution in [2.75, 3.05) is 19.6 Å². The maximum Gasteiger partial charge on any atom is 0.0197 e. The van der Waals surface area contributed by atoms with E-state index >= 15 is 0 Å². The van der Waals surface area contributed by atoms with Crippen LogP contribution >= 0.6 is 0 Å². The molecule has 1 aliphatic rings. The van der Waals surface area contributed by atoms with Crippen molar-refractivity contribution in [1.29, 1.82) is 0 Å². The van der Waals surface area contributed by atoms with E-state index < -0.39 is 0 Å². The monoisotopic (exact) mass is 224 g/mol. The molecule has 1 aliphatic heterocycles. The van der Waals surface area contributed by atoms with Gasteiger partial charge >= 0.3 is 0 Å². The van der Waals surface area contributed by atoms with Crippen molar-refractivity contribution in [3.05, 3.63) is 12.7 Å². The molecule has 1 rings (SSSR count). The molecule has 2 nitrogen and oxygen atoms in total. The summed E-state index contributed by atoms with van der Waals surface area (Å²) < 4.78 is 0. The minimum absolute atomic E-state index is 0.233. The molecule has 16 heavy (non-hydrogen) atoms. The number of nitrogens with zero attached hydrogens (tertiary/aromatic N) is 1. The zero-order chi connectivity index (χ0) is 12.2. The van der Waals surface area contributed by atoms with Crippen molar-refractivity contribution >= 4 is 0 Å². The van der Waals surface area contributed by atoms with Gasteiger partial charge in [0.1, 0.15) is 0 Å². The highest BCUT2D eigenvalue weighted by Crippen LogP contribution is 2.19. The average Bonchev–Trinajstić information content (AvgIpc) is 2.16. The van der Waals surface area contributed by atoms with Gasteiger partial charge in [-0.05, 0) is 46.1 Å². The van der Waals surface area contributed by atoms with Gasteiger partial charge in [-0.15, -0.1) is 6.58 Å². The maximum absolute atomic E-state index is 3.86. The summed E-state index contributed by atoms with van der Waals surface area (Å²) in [6.45, 7) is 16.4. The summed E-state index contributed by atoms with van der Waals surface area (Å²) in [5.41, 5.74) is 0.233. The van der Waals surface area contributed by atoms with Gasteiger partial charge in [0.05, 0.1) is 0 Å². The molecule has 1 N–H and O–H groups in total. The Labute approximate surface area is 101 Å². The topological polar surface area (TPSA) is 15.3 Å². The van der Waals surface area contributed by atoms with Gasteiger partial charge < -0.3 is 5.32 Å². The van der Waals surface area contributed by atoms with Crippen LogP contribution in [0.1, 0.15) is 40.5 Å². The molecule has 0 radical (unpaired) electrons. The Morgan fingerprint density at radius 3 is 2.62 bits per heavy atom. The van der Waals surface area contributed by atoms with Gasteiger partial charge in [-0.3, -0.25) is 4.90 Å². The highest BCUT2D eigenvalue weighted by atomic mass is 15.2. The first kappa shape index (κ1) is 13.7. The molecule has 1 fully saturated rings. The zero-order valence-corrected chi connectivity index (χ0v) is 11.4. The Morgan fingerprint density at radius 2 is 2.12 bits per heavy atom. The smallest absolute Gasteiger partial charge is 0.0197 e. The fourth-order valence-corrected chi connectivity index (χ4v) is 2.40. The average molecular weight is 224 g/mol. The fraction of sp³-hybridized carbons (Fsp3) is 0.857. The molecule has 2 heteroatoms. The van der Waals surface area contributed by atoms with Crippen molar-refractivity contribution in [3.8, 4) is 0 Å². The van der Waals surface area contributed by atoms with Crippen molar-refractivity contribution in [3.63, 3.8) is 0 Å². The van der Waals surface area contributed by atoms with Gasteiger partial charge in [-0.2, -0.15) is 0 Å². The summed E-state index contributed by atoms with van der Waals surface area (Å²) in [7, 11) is 0. The van der Waals surface area contributed by atoms with E-state index in [-0.39, 0.29) is 5.54 Å². The molecule has 1 saturated heterocycles. The largest absolute Gasteiger partial charge is 0.313 e. The summed E-state index contributed by atoms with van der Waals surface area (Å²) in [6.07, 6.45) is 4.65. The van der Waals surface area contributed by atoms with E-state index in [2.05, 4.69) is 44.5 Å². The predicted molar refractivity (Wildman–Crippen MR) is 71.7 cm³/mol. The van der Waals surface area contributed by atoms with Crippen LogP contribution in [0.4, 0.5) is 0 Å². The molecule has 0 saturated carbocycles. The molecular formula is C14H28N2. The molecular weight excluding hydrogens is 196 g/mol. The Kier molecular flexibility index (Phi) is 5.00. The molecule has 0 spiro atoms. The van der Waals surface area contributed by atoms with Crippen LogP contribution in [0.5, 0.6) is 0 Å². The Morgan fingerprint density at radius 1 is 1.44 bits per heavy atom. The SMILES string of the molecule is C=CCN(CC1CC(C)CCN1)C(C)(C)C. The summed E-state index contributed by atoms with van der Waals surface area (Å²) in [6, 6.07) is 0.655. The summed E-state index contributed by atoms with van der Waals surface area (Å²) in [5, 5.41) is 3.63. The molecule has 0 aliphatic carbocycles. The van der Waals surface area contributed by atoms with Crippen LogP contribution in [-0.4, -0.2) is 36.1 Å². The zero-order valence-electron chi connectivity index (χ0n) is 11.4. The highest BCUT2D eigenvalue weighted by Gasteiger charge is 2.25. The first-order valence-corrected chi connectivity index (χ1v) is 6.53. The normalized spacial score (nSPS) is 27.1. The molecule has 94 valence electrons. The second-order valence-corrected chi connectivity index (χ2v) is 6.15. The van der Waals surface area contributed by atoms with Gasteiger partial charge in [-0.25, -0.2) is 0 Å². The quantitative estimate of drug-likeness (QED) is 0.739. The van der Waals surface area contributed by atoms with E-state index in [0.717, 1.165) is 19.0 Å². The number of nitrogens with one attached hydrogen (secondary N) is 1. The number of hydrogen-bond acceptors (Lipinski definition) is 2. The third-order valence-electron chi connectivity index (χ3n) is 3.50. The van der Waals surface area contributed by atoms with Crippen molar-refractivity contribution < 1.29 is 0 Å². The fourth-order valence-electron chi connectivity index (χ4n) is 2.40. The molecule has 0 aromatic heterocycles. The van der Waals surface area contributed by atoms with Gasteiger partial charge in [0.25, 0.3) is 0 Å². The summed E-state index contributed by atoms with van der Waals surface area (Å²) in [4.78, 5) is 2.51. The highest BCUT2D eigenvalue weighted by molar-refractivity contribution is 4.87. The second-order valence-electron chi connectivity index (χ2n) is 6.15. The minimum Gasteiger partial charge on any atom is -0.313 e. The predicted octanol–water partition coefficient (Wildman–Crippen LogP) is 2.66. The third kappa shape index (κ3) is 4.26. The van der Waals surface area contributed by atoms with Crippen LogP contribution in [0.3, 0.4) is 0 Å². The molecule has 0 amide bonds. The van der Waals surface area contributed by atoms with Crippen LogP contribution in [0.2, 0.25) is 0 Å². The third-order valence-corrected chi connectivity index (χ3v) is 3.50. The number of hydrogen-bond donors (Lipinski definition) is 1. The number of rotatable bonds is 4. The van der Waals surface area contributed by atoms with Crippen LogP contribution < -0.4 is 5.32 Å². The van der Waals surface area contributed by atoms with Gasteiger partial charge in [0.15, 0.2) is 0 Å². The maximum atomic E-state index is 3.86. The van der Waals surface area contributed by atoms with E-state index in [0.29, 0.717) is 6.04 Å². The lowest BCUT2D eigenvalue weighted by molar-refractivity contribution is 0.123. The lowest BCUT2D eigenvalue weighted by atomic mass is 9.93. The Bertz CT molecular complexity index is 217. The van der Waals surface area contributed by atoms with Crippen molar-refractivity contribution in [2.24, 2.45) is 5.92 Å². The van der Waals surface area contributed by atoms with Crippen LogP contribution in [0, 0.1) is 5.92 Å². The van der Waals surface area contributed by atoms with E-state index in [1.54, 1.807) is 0 Å². The van der Waals surface area contributed by atoms with E-state index in [4.69, 9.17) is 0 Å². The van der Waals surface area contributed by atoms with Crippen molar-refractivity contribution in [2.45, 2.75) is 52.1 Å². The first-order valence-electron chi connectivity index (χ1n) is 6.53. The Balaban J connectivity index is 2.50. The van der Waals surface area contributed by atoms with Crippen LogP contribution in [0.25, 0.3) is 0 Å². The first-order chi connectivity index (χ1) is 7.43. The van der Waals surface area contributed by atoms with E-state index in [1.165, 1.54) is 19.4 Å². The van der Waals surface area contributed by atoms with Gasteiger partial charge in [0.2, 0.25) is 0 Å². The van der Waals surface area contributed by atoms with E-state index in [9.17, 15) is 0 Å². The van der Waals surface area contributed by atoms with Gasteiger partial charge in [-0.1, -0.05) is 13.0 Å². The van der Waals surface area contributed by atoms with Crippen LogP contribution in [0.15, 0.2) is 12.7 Å². The van der Waals surface area contributed by atoms with E-state index in [1.807, 2.05) is 6.08 Å². The standard InChI is InChI=1S/C14H28N2/c1-6-9-16(14(3,4)5)11-13-10-12(2)7-8-15-13/h6,12-13,15H,1,7-11H2,2-5H3. The van der Waals surface area contributed by atoms with Crippen LogP contribution in [-0.2, 0) is 0 Å². The summed E-state index contributed by atoms with van der Waals surface area (Å²) in [5.74, 6) is 0.872. The number of piperidine rings is 1. The molecule has 0 bridgehead atoms. The molecule has 0 aromatic rings. The van der Waals surface area contributed by atoms with Gasteiger partial charge in [0, 0.05) is 24.7 Å². The van der Waals surface area contributed by atoms with Crippen molar-refractivity contribution in [1.82, 2.24) is 10.2 Å². The Hall–Kier alpha value is -0.340. The molecule has 2 unspecified atom stereocenters. The lowest BCUT2D eigenvalue weighted by Crippen LogP contribution is -2.51. The summed E-state index contributed by atoms with van der Waals surface area (Å²) >= 11 is 0. The minimum atomic E-state index is 0.233. The second kappa shape index (κ2) is 5.83. The molecule has 1 heterocycles. The molecule has 2 atom stereocenters. The lowest BCUT2D eigenvalue weighted by Gasteiger charge is -2.39.